The number of rotatable bonds is 6. The lowest BCUT2D eigenvalue weighted by molar-refractivity contribution is -0.140. The number of nitroso groups, excluding NO2 is 1. The van der Waals surface area contributed by atoms with Gasteiger partial charge >= 0.3 is 5.97 Å². The summed E-state index contributed by atoms with van der Waals surface area (Å²) in [5, 5.41) is 2.75. The lowest BCUT2D eigenvalue weighted by atomic mass is 10.1. The maximum atomic E-state index is 10.7. The van der Waals surface area contributed by atoms with Crippen LogP contribution in [0.2, 0.25) is 0 Å². The van der Waals surface area contributed by atoms with Gasteiger partial charge in [-0.3, -0.25) is 4.79 Å². The van der Waals surface area contributed by atoms with E-state index >= 15 is 0 Å². The number of esters is 1. The van der Waals surface area contributed by atoms with Gasteiger partial charge in [0.1, 0.15) is 0 Å². The number of nitrogens with zero attached hydrogens (tertiary/aromatic N) is 1. The molecule has 74 valence electrons. The van der Waals surface area contributed by atoms with Crippen LogP contribution >= 0.6 is 11.6 Å². The lowest BCUT2D eigenvalue weighted by Gasteiger charge is -2.15. The van der Waals surface area contributed by atoms with Gasteiger partial charge in [0.25, 0.3) is 0 Å². The second-order valence-electron chi connectivity index (χ2n) is 2.58. The van der Waals surface area contributed by atoms with Gasteiger partial charge in [-0.05, 0) is 5.18 Å². The molecule has 0 heterocycles. The Bertz CT molecular complexity index is 208. The molecule has 13 heavy (non-hydrogen) atoms. The Balaban J connectivity index is 4.03. The first kappa shape index (κ1) is 12.1. The van der Waals surface area contributed by atoms with Crippen LogP contribution in [-0.2, 0) is 9.53 Å². The van der Waals surface area contributed by atoms with Gasteiger partial charge in [0.05, 0.1) is 7.11 Å². The number of alkyl halides is 1. The van der Waals surface area contributed by atoms with E-state index in [1.165, 1.54) is 13.2 Å². The van der Waals surface area contributed by atoms with Crippen molar-refractivity contribution in [3.05, 3.63) is 17.6 Å². The van der Waals surface area contributed by atoms with Gasteiger partial charge in [-0.15, -0.1) is 11.5 Å². The molecule has 0 aromatic carbocycles. The summed E-state index contributed by atoms with van der Waals surface area (Å²) >= 11 is 5.77. The average Bonchev–Trinajstić information content (AvgIpc) is 2.15. The molecular weight excluding hydrogens is 194 g/mol. The zero-order chi connectivity index (χ0) is 10.3. The Morgan fingerprint density at radius 3 is 2.77 bits per heavy atom. The zero-order valence-corrected chi connectivity index (χ0v) is 8.21. The number of carbonyl (C=O) groups is 1. The number of halogens is 1. The van der Waals surface area contributed by atoms with Gasteiger partial charge < -0.3 is 4.74 Å². The molecule has 1 atom stereocenters. The molecule has 5 heteroatoms. The van der Waals surface area contributed by atoms with E-state index in [1.54, 1.807) is 0 Å². The molecule has 0 aliphatic carbocycles. The monoisotopic (exact) mass is 205 g/mol. The predicted molar refractivity (Wildman–Crippen MR) is 50.4 cm³/mol. The average molecular weight is 206 g/mol. The maximum Gasteiger partial charge on any atom is 0.305 e. The third kappa shape index (κ3) is 4.62. The van der Waals surface area contributed by atoms with Gasteiger partial charge in [0, 0.05) is 19.3 Å². The molecule has 0 aliphatic heterocycles. The number of methoxy groups -OCH3 is 1. The Morgan fingerprint density at radius 1 is 1.77 bits per heavy atom. The quantitative estimate of drug-likeness (QED) is 0.220. The topological polar surface area (TPSA) is 55.7 Å². The second kappa shape index (κ2) is 5.70. The molecule has 0 aromatic rings. The first-order valence-electron chi connectivity index (χ1n) is 3.79. The van der Waals surface area contributed by atoms with Crippen LogP contribution in [0.5, 0.6) is 0 Å². The van der Waals surface area contributed by atoms with E-state index in [0.717, 1.165) is 0 Å². The van der Waals surface area contributed by atoms with Crippen LogP contribution < -0.4 is 0 Å². The van der Waals surface area contributed by atoms with Crippen LogP contribution in [0.15, 0.2) is 17.8 Å². The van der Waals surface area contributed by atoms with E-state index in [1.807, 2.05) is 0 Å². The molecule has 0 saturated heterocycles. The Kier molecular flexibility index (Phi) is 5.30. The molecule has 0 spiro atoms. The summed E-state index contributed by atoms with van der Waals surface area (Å²) in [4.78, 5) is 19.8. The Hall–Kier alpha value is -0.900. The summed E-state index contributed by atoms with van der Waals surface area (Å²) in [5.74, 6) is -0.405. The van der Waals surface area contributed by atoms with Crippen LogP contribution in [0.3, 0.4) is 0 Å². The predicted octanol–water partition coefficient (Wildman–Crippen LogP) is 2.22. The number of carbonyl (C=O) groups excluding carboxylic acids is 1. The first-order chi connectivity index (χ1) is 6.08. The molecule has 0 amide bonds. The summed E-state index contributed by atoms with van der Waals surface area (Å²) in [5.41, 5.74) is 0. The van der Waals surface area contributed by atoms with Crippen molar-refractivity contribution < 1.29 is 9.53 Å². The van der Waals surface area contributed by atoms with Crippen LogP contribution in [0.4, 0.5) is 0 Å². The molecular formula is C8H12ClNO3. The van der Waals surface area contributed by atoms with Crippen LogP contribution in [0.25, 0.3) is 0 Å². The van der Waals surface area contributed by atoms with Crippen molar-refractivity contribution in [3.8, 4) is 0 Å². The minimum absolute atomic E-state index is 0.0829. The van der Waals surface area contributed by atoms with Crippen molar-refractivity contribution in [2.75, 3.05) is 7.11 Å². The summed E-state index contributed by atoms with van der Waals surface area (Å²) < 4.78 is 4.40. The fourth-order valence-corrected chi connectivity index (χ4v) is 1.01. The SMILES string of the molecule is C=CCC(Cl)(CCC(=O)OC)N=O. The van der Waals surface area contributed by atoms with Gasteiger partial charge in [-0.2, -0.15) is 0 Å². The highest BCUT2D eigenvalue weighted by molar-refractivity contribution is 6.23. The highest BCUT2D eigenvalue weighted by Crippen LogP contribution is 2.27. The van der Waals surface area contributed by atoms with Crippen LogP contribution in [-0.4, -0.2) is 18.1 Å². The van der Waals surface area contributed by atoms with E-state index < -0.39 is 11.0 Å². The highest BCUT2D eigenvalue weighted by Gasteiger charge is 2.27. The number of ether oxygens (including phenoxy) is 1. The van der Waals surface area contributed by atoms with Crippen molar-refractivity contribution in [2.24, 2.45) is 5.18 Å². The maximum absolute atomic E-state index is 10.7. The molecule has 0 rings (SSSR count). The third-order valence-electron chi connectivity index (χ3n) is 1.56. The minimum Gasteiger partial charge on any atom is -0.469 e. The first-order valence-corrected chi connectivity index (χ1v) is 4.17. The van der Waals surface area contributed by atoms with E-state index in [2.05, 4.69) is 16.5 Å². The summed E-state index contributed by atoms with van der Waals surface area (Å²) in [6.45, 7) is 3.44. The fourth-order valence-electron chi connectivity index (χ4n) is 0.802. The molecule has 0 aliphatic rings. The summed E-state index contributed by atoms with van der Waals surface area (Å²) in [7, 11) is 1.28. The Labute approximate surface area is 81.9 Å². The van der Waals surface area contributed by atoms with Crippen molar-refractivity contribution in [2.45, 2.75) is 24.3 Å². The van der Waals surface area contributed by atoms with Crippen LogP contribution in [0, 0.1) is 4.91 Å². The molecule has 0 bridgehead atoms. The van der Waals surface area contributed by atoms with Crippen LogP contribution in [0.1, 0.15) is 19.3 Å². The highest BCUT2D eigenvalue weighted by atomic mass is 35.5. The summed E-state index contributed by atoms with van der Waals surface area (Å²) in [6, 6.07) is 0. The Morgan fingerprint density at radius 2 is 2.38 bits per heavy atom. The molecule has 0 fully saturated rings. The van der Waals surface area contributed by atoms with Gasteiger partial charge in [-0.1, -0.05) is 17.7 Å². The van der Waals surface area contributed by atoms with Crippen molar-refractivity contribution in [3.63, 3.8) is 0 Å². The standard InChI is InChI=1S/C8H12ClNO3/c1-3-5-8(9,10-12)6-4-7(11)13-2/h3H,1,4-6H2,2H3. The molecule has 0 saturated carbocycles. The van der Waals surface area contributed by atoms with Gasteiger partial charge in [-0.25, -0.2) is 0 Å². The second-order valence-corrected chi connectivity index (χ2v) is 3.28. The van der Waals surface area contributed by atoms with Gasteiger partial charge in [0.15, 0.2) is 5.00 Å². The number of hydrogen-bond acceptors (Lipinski definition) is 4. The molecule has 1 unspecified atom stereocenters. The molecule has 0 radical (unpaired) electrons. The fraction of sp³-hybridized carbons (Fsp3) is 0.625. The van der Waals surface area contributed by atoms with E-state index in [4.69, 9.17) is 11.6 Å². The lowest BCUT2D eigenvalue weighted by Crippen LogP contribution is -2.18. The van der Waals surface area contributed by atoms with Gasteiger partial charge in [0.2, 0.25) is 0 Å². The third-order valence-corrected chi connectivity index (χ3v) is 1.97. The number of hydrogen-bond donors (Lipinski definition) is 0. The molecule has 0 aromatic heterocycles. The molecule has 0 N–H and O–H groups in total. The minimum atomic E-state index is -1.25. The van der Waals surface area contributed by atoms with E-state index in [-0.39, 0.29) is 19.3 Å². The van der Waals surface area contributed by atoms with Crippen molar-refractivity contribution in [1.29, 1.82) is 0 Å². The normalized spacial score (nSPS) is 14.3. The zero-order valence-electron chi connectivity index (χ0n) is 7.46. The van der Waals surface area contributed by atoms with Crippen molar-refractivity contribution in [1.82, 2.24) is 0 Å². The van der Waals surface area contributed by atoms with E-state index in [9.17, 15) is 9.70 Å². The summed E-state index contributed by atoms with van der Waals surface area (Å²) in [6.07, 6.45) is 1.98. The van der Waals surface area contributed by atoms with E-state index in [0.29, 0.717) is 0 Å². The van der Waals surface area contributed by atoms with Crippen molar-refractivity contribution >= 4 is 17.6 Å². The smallest absolute Gasteiger partial charge is 0.305 e. The largest absolute Gasteiger partial charge is 0.469 e. The molecule has 4 nitrogen and oxygen atoms in total.